The second-order valence-corrected chi connectivity index (χ2v) is 9.04. The molecule has 1 saturated heterocycles. The number of hydrogen-bond donors (Lipinski definition) is 1. The summed E-state index contributed by atoms with van der Waals surface area (Å²) in [6.07, 6.45) is 5.22. The van der Waals surface area contributed by atoms with Gasteiger partial charge in [-0.05, 0) is 43.6 Å². The molecule has 3 amide bonds. The standard InChI is InChI=1S/C23H26N4O4/c1-2-16(11-27-21(29)17-6-4-3-5-15(17)10-24-27)25-18(28)12-26-22(30)19-13-7-8-14(9-13)20(19)23(26)31/h3-6,10,13-14,16,19-20H,2,7-9,11-12H2,1H3,(H,25,28)/t13?,14?,16-,19?,20?/m1/s1. The number of imide groups is 1. The zero-order valence-electron chi connectivity index (χ0n) is 17.5. The van der Waals surface area contributed by atoms with Crippen LogP contribution in [0.25, 0.3) is 10.8 Å². The van der Waals surface area contributed by atoms with Crippen molar-refractivity contribution in [3.63, 3.8) is 0 Å². The summed E-state index contributed by atoms with van der Waals surface area (Å²) in [5.41, 5.74) is -0.209. The Hall–Kier alpha value is -3.03. The maximum atomic E-state index is 12.8. The Morgan fingerprint density at radius 3 is 2.48 bits per heavy atom. The molecule has 5 rings (SSSR count). The summed E-state index contributed by atoms with van der Waals surface area (Å²) < 4.78 is 1.35. The Balaban J connectivity index is 1.26. The van der Waals surface area contributed by atoms with E-state index in [1.54, 1.807) is 18.3 Å². The molecule has 3 aliphatic rings. The third-order valence-electron chi connectivity index (χ3n) is 7.33. The molecular weight excluding hydrogens is 396 g/mol. The molecule has 0 spiro atoms. The summed E-state index contributed by atoms with van der Waals surface area (Å²) in [5, 5.41) is 8.45. The molecular formula is C23H26N4O4. The van der Waals surface area contributed by atoms with E-state index in [2.05, 4.69) is 10.4 Å². The molecule has 2 heterocycles. The predicted octanol–water partition coefficient (Wildman–Crippen LogP) is 1.32. The van der Waals surface area contributed by atoms with Crippen molar-refractivity contribution in [3.8, 4) is 0 Å². The van der Waals surface area contributed by atoms with Crippen LogP contribution in [0.5, 0.6) is 0 Å². The van der Waals surface area contributed by atoms with Crippen molar-refractivity contribution in [2.75, 3.05) is 6.54 Å². The summed E-state index contributed by atoms with van der Waals surface area (Å²) in [4.78, 5) is 52.2. The molecule has 162 valence electrons. The van der Waals surface area contributed by atoms with Crippen molar-refractivity contribution in [2.24, 2.45) is 23.7 Å². The zero-order valence-corrected chi connectivity index (χ0v) is 17.5. The molecule has 2 bridgehead atoms. The van der Waals surface area contributed by atoms with Crippen LogP contribution in [-0.2, 0) is 20.9 Å². The van der Waals surface area contributed by atoms with Crippen LogP contribution in [0, 0.1) is 23.7 Å². The first-order chi connectivity index (χ1) is 15.0. The number of fused-ring (bicyclic) bond motifs is 6. The van der Waals surface area contributed by atoms with Crippen molar-refractivity contribution < 1.29 is 14.4 Å². The van der Waals surface area contributed by atoms with Gasteiger partial charge in [0.1, 0.15) is 6.54 Å². The number of carbonyl (C=O) groups is 3. The van der Waals surface area contributed by atoms with E-state index in [4.69, 9.17) is 0 Å². The Labute approximate surface area is 179 Å². The lowest BCUT2D eigenvalue weighted by Crippen LogP contribution is -2.46. The monoisotopic (exact) mass is 422 g/mol. The van der Waals surface area contributed by atoms with Crippen LogP contribution in [0.2, 0.25) is 0 Å². The molecule has 1 aliphatic heterocycles. The van der Waals surface area contributed by atoms with Gasteiger partial charge in [-0.2, -0.15) is 5.10 Å². The molecule has 31 heavy (non-hydrogen) atoms. The number of nitrogens with one attached hydrogen (secondary N) is 1. The highest BCUT2D eigenvalue weighted by Gasteiger charge is 2.60. The van der Waals surface area contributed by atoms with Gasteiger partial charge >= 0.3 is 0 Å². The number of nitrogens with zero attached hydrogens (tertiary/aromatic N) is 3. The minimum Gasteiger partial charge on any atom is -0.350 e. The molecule has 5 atom stereocenters. The molecule has 0 radical (unpaired) electrons. The lowest BCUT2D eigenvalue weighted by molar-refractivity contribution is -0.144. The summed E-state index contributed by atoms with van der Waals surface area (Å²) in [7, 11) is 0. The SMILES string of the molecule is CC[C@H](Cn1ncc2ccccc2c1=O)NC(=O)CN1C(=O)C2C3CCC(C3)C2C1=O. The van der Waals surface area contributed by atoms with Crippen LogP contribution in [0.15, 0.2) is 35.3 Å². The number of hydrogen-bond acceptors (Lipinski definition) is 5. The number of amides is 3. The summed E-state index contributed by atoms with van der Waals surface area (Å²) in [6.45, 7) is 1.88. The van der Waals surface area contributed by atoms with Crippen molar-refractivity contribution in [3.05, 3.63) is 40.8 Å². The van der Waals surface area contributed by atoms with Gasteiger partial charge in [0.05, 0.1) is 30.0 Å². The number of carbonyl (C=O) groups excluding carboxylic acids is 3. The first kappa shape index (κ1) is 19.9. The van der Waals surface area contributed by atoms with E-state index >= 15 is 0 Å². The first-order valence-electron chi connectivity index (χ1n) is 11.1. The highest BCUT2D eigenvalue weighted by molar-refractivity contribution is 6.08. The second kappa shape index (κ2) is 7.59. The minimum atomic E-state index is -0.380. The molecule has 8 nitrogen and oxygen atoms in total. The van der Waals surface area contributed by atoms with Crippen LogP contribution >= 0.6 is 0 Å². The van der Waals surface area contributed by atoms with E-state index in [0.717, 1.165) is 29.5 Å². The van der Waals surface area contributed by atoms with Gasteiger partial charge in [0.2, 0.25) is 17.7 Å². The van der Waals surface area contributed by atoms with Crippen LogP contribution < -0.4 is 10.9 Å². The van der Waals surface area contributed by atoms with Crippen LogP contribution in [0.1, 0.15) is 32.6 Å². The van der Waals surface area contributed by atoms with Gasteiger partial charge in [0.15, 0.2) is 0 Å². The fourth-order valence-corrected chi connectivity index (χ4v) is 5.79. The molecule has 2 aliphatic carbocycles. The molecule has 1 N–H and O–H groups in total. The normalized spacial score (nSPS) is 27.7. The van der Waals surface area contributed by atoms with Gasteiger partial charge in [0.25, 0.3) is 5.56 Å². The lowest BCUT2D eigenvalue weighted by Gasteiger charge is -2.21. The van der Waals surface area contributed by atoms with Crippen molar-refractivity contribution >= 4 is 28.5 Å². The second-order valence-electron chi connectivity index (χ2n) is 9.04. The van der Waals surface area contributed by atoms with Gasteiger partial charge in [-0.1, -0.05) is 25.1 Å². The number of benzene rings is 1. The summed E-state index contributed by atoms with van der Waals surface area (Å²) >= 11 is 0. The average molecular weight is 422 g/mol. The Kier molecular flexibility index (Phi) is 4.87. The molecule has 3 fully saturated rings. The third-order valence-corrected chi connectivity index (χ3v) is 7.33. The fraction of sp³-hybridized carbons (Fsp3) is 0.522. The maximum absolute atomic E-state index is 12.8. The minimum absolute atomic E-state index is 0.183. The zero-order chi connectivity index (χ0) is 21.7. The topological polar surface area (TPSA) is 101 Å². The fourth-order valence-electron chi connectivity index (χ4n) is 5.79. The Morgan fingerprint density at radius 1 is 1.13 bits per heavy atom. The first-order valence-corrected chi connectivity index (χ1v) is 11.1. The van der Waals surface area contributed by atoms with E-state index in [1.807, 2.05) is 19.1 Å². The number of rotatable bonds is 6. The molecule has 1 aromatic heterocycles. The molecule has 1 aromatic carbocycles. The van der Waals surface area contributed by atoms with E-state index < -0.39 is 0 Å². The highest BCUT2D eigenvalue weighted by atomic mass is 16.2. The van der Waals surface area contributed by atoms with E-state index in [1.165, 1.54) is 4.68 Å². The smallest absolute Gasteiger partial charge is 0.274 e. The lowest BCUT2D eigenvalue weighted by atomic mass is 9.81. The molecule has 8 heteroatoms. The van der Waals surface area contributed by atoms with Crippen molar-refractivity contribution in [1.29, 1.82) is 0 Å². The highest BCUT2D eigenvalue weighted by Crippen LogP contribution is 2.56. The van der Waals surface area contributed by atoms with Gasteiger partial charge < -0.3 is 5.32 Å². The van der Waals surface area contributed by atoms with Crippen LogP contribution in [-0.4, -0.2) is 45.0 Å². The predicted molar refractivity (Wildman–Crippen MR) is 113 cm³/mol. The quantitative estimate of drug-likeness (QED) is 0.708. The van der Waals surface area contributed by atoms with Crippen LogP contribution in [0.4, 0.5) is 0 Å². The Bertz CT molecular complexity index is 1100. The van der Waals surface area contributed by atoms with Gasteiger partial charge in [-0.15, -0.1) is 0 Å². The van der Waals surface area contributed by atoms with Crippen molar-refractivity contribution in [1.82, 2.24) is 20.0 Å². The van der Waals surface area contributed by atoms with Gasteiger partial charge in [0, 0.05) is 11.4 Å². The largest absolute Gasteiger partial charge is 0.350 e. The van der Waals surface area contributed by atoms with E-state index in [0.29, 0.717) is 23.6 Å². The van der Waals surface area contributed by atoms with Crippen molar-refractivity contribution in [2.45, 2.75) is 45.2 Å². The Morgan fingerprint density at radius 2 is 1.81 bits per heavy atom. The summed E-state index contributed by atoms with van der Waals surface area (Å²) in [6, 6.07) is 6.91. The van der Waals surface area contributed by atoms with E-state index in [9.17, 15) is 19.2 Å². The number of aromatic nitrogens is 2. The third kappa shape index (κ3) is 3.25. The molecule has 2 aromatic rings. The maximum Gasteiger partial charge on any atom is 0.274 e. The van der Waals surface area contributed by atoms with Gasteiger partial charge in [-0.25, -0.2) is 4.68 Å². The van der Waals surface area contributed by atoms with Gasteiger partial charge in [-0.3, -0.25) is 24.1 Å². The molecule has 4 unspecified atom stereocenters. The molecule has 2 saturated carbocycles. The number of likely N-dealkylation sites (tertiary alicyclic amines) is 1. The average Bonchev–Trinajstić information content (AvgIpc) is 3.45. The summed E-state index contributed by atoms with van der Waals surface area (Å²) in [5.74, 6) is -0.587. The van der Waals surface area contributed by atoms with Crippen LogP contribution in [0.3, 0.4) is 0 Å². The van der Waals surface area contributed by atoms with E-state index in [-0.39, 0.29) is 54.2 Å².